The molecule has 1 aliphatic rings. The molecule has 1 nitrogen and oxygen atoms in total. The van der Waals surface area contributed by atoms with Crippen LogP contribution in [-0.2, 0) is 6.42 Å². The molecule has 1 N–H and O–H groups in total. The maximum Gasteiger partial charge on any atom is 0.0662 e. The SMILES string of the molecule is CCC(O)C1Cc2ccccc2S1. The van der Waals surface area contributed by atoms with E-state index in [1.54, 1.807) is 0 Å². The van der Waals surface area contributed by atoms with Crippen molar-refractivity contribution in [1.29, 1.82) is 0 Å². The molecule has 0 aliphatic carbocycles. The van der Waals surface area contributed by atoms with Gasteiger partial charge in [0.1, 0.15) is 0 Å². The van der Waals surface area contributed by atoms with Crippen LogP contribution in [0.1, 0.15) is 18.9 Å². The highest BCUT2D eigenvalue weighted by atomic mass is 32.2. The van der Waals surface area contributed by atoms with E-state index in [0.717, 1.165) is 12.8 Å². The van der Waals surface area contributed by atoms with Crippen LogP contribution < -0.4 is 0 Å². The monoisotopic (exact) mass is 194 g/mol. The van der Waals surface area contributed by atoms with Crippen LogP contribution in [-0.4, -0.2) is 16.5 Å². The molecule has 1 aromatic rings. The van der Waals surface area contributed by atoms with Crippen molar-refractivity contribution < 1.29 is 5.11 Å². The molecule has 0 fully saturated rings. The zero-order chi connectivity index (χ0) is 9.26. The molecule has 2 rings (SSSR count). The van der Waals surface area contributed by atoms with Crippen LogP contribution in [0, 0.1) is 0 Å². The number of benzene rings is 1. The van der Waals surface area contributed by atoms with E-state index in [4.69, 9.17) is 0 Å². The van der Waals surface area contributed by atoms with Crippen molar-refractivity contribution in [2.75, 3.05) is 0 Å². The van der Waals surface area contributed by atoms with E-state index in [0.29, 0.717) is 5.25 Å². The van der Waals surface area contributed by atoms with Crippen molar-refractivity contribution in [2.45, 2.75) is 36.0 Å². The van der Waals surface area contributed by atoms with Gasteiger partial charge in [0.2, 0.25) is 0 Å². The molecule has 0 aromatic heterocycles. The van der Waals surface area contributed by atoms with Gasteiger partial charge in [-0.1, -0.05) is 25.1 Å². The summed E-state index contributed by atoms with van der Waals surface area (Å²) in [6, 6.07) is 8.43. The van der Waals surface area contributed by atoms with Gasteiger partial charge >= 0.3 is 0 Å². The van der Waals surface area contributed by atoms with E-state index in [1.165, 1.54) is 10.5 Å². The standard InChI is InChI=1S/C11H14OS/c1-2-9(12)11-7-8-5-3-4-6-10(8)13-11/h3-6,9,11-12H,2,7H2,1H3. The van der Waals surface area contributed by atoms with Crippen molar-refractivity contribution >= 4 is 11.8 Å². The Hall–Kier alpha value is -0.470. The molecular weight excluding hydrogens is 180 g/mol. The third kappa shape index (κ3) is 1.74. The van der Waals surface area contributed by atoms with Crippen LogP contribution >= 0.6 is 11.8 Å². The van der Waals surface area contributed by atoms with Crippen molar-refractivity contribution in [3.63, 3.8) is 0 Å². The molecule has 2 heteroatoms. The topological polar surface area (TPSA) is 20.2 Å². The van der Waals surface area contributed by atoms with Crippen LogP contribution in [0.3, 0.4) is 0 Å². The van der Waals surface area contributed by atoms with Gasteiger partial charge in [0.15, 0.2) is 0 Å². The lowest BCUT2D eigenvalue weighted by molar-refractivity contribution is 0.167. The summed E-state index contributed by atoms with van der Waals surface area (Å²) in [7, 11) is 0. The molecular formula is C11H14OS. The van der Waals surface area contributed by atoms with Crippen molar-refractivity contribution in [1.82, 2.24) is 0 Å². The summed E-state index contributed by atoms with van der Waals surface area (Å²) in [4.78, 5) is 1.35. The second kappa shape index (κ2) is 3.72. The number of rotatable bonds is 2. The van der Waals surface area contributed by atoms with Crippen molar-refractivity contribution in [3.05, 3.63) is 29.8 Å². The summed E-state index contributed by atoms with van der Waals surface area (Å²) in [5, 5.41) is 10.1. The maximum atomic E-state index is 9.71. The van der Waals surface area contributed by atoms with E-state index in [9.17, 15) is 5.11 Å². The molecule has 1 aromatic carbocycles. The highest BCUT2D eigenvalue weighted by Crippen LogP contribution is 2.38. The Kier molecular flexibility index (Phi) is 2.61. The summed E-state index contributed by atoms with van der Waals surface area (Å²) in [5.74, 6) is 0. The second-order valence-corrected chi connectivity index (χ2v) is 4.72. The van der Waals surface area contributed by atoms with Gasteiger partial charge < -0.3 is 5.11 Å². The van der Waals surface area contributed by atoms with Crippen LogP contribution in [0.4, 0.5) is 0 Å². The minimum absolute atomic E-state index is 0.155. The van der Waals surface area contributed by atoms with E-state index >= 15 is 0 Å². The summed E-state index contributed by atoms with van der Waals surface area (Å²) in [5.41, 5.74) is 1.39. The number of thioether (sulfide) groups is 1. The number of hydrogen-bond donors (Lipinski definition) is 1. The average molecular weight is 194 g/mol. The van der Waals surface area contributed by atoms with E-state index in [1.807, 2.05) is 18.7 Å². The Labute approximate surface area is 83.2 Å². The van der Waals surface area contributed by atoms with Gasteiger partial charge in [-0.25, -0.2) is 0 Å². The Morgan fingerprint density at radius 2 is 2.31 bits per heavy atom. The fraction of sp³-hybridized carbons (Fsp3) is 0.455. The fourth-order valence-electron chi connectivity index (χ4n) is 1.69. The Bertz CT molecular complexity index is 273. The van der Waals surface area contributed by atoms with E-state index in [-0.39, 0.29) is 6.10 Å². The summed E-state index contributed by atoms with van der Waals surface area (Å²) < 4.78 is 0. The minimum Gasteiger partial charge on any atom is -0.392 e. The van der Waals surface area contributed by atoms with Crippen molar-refractivity contribution in [3.8, 4) is 0 Å². The molecule has 1 heterocycles. The Morgan fingerprint density at radius 1 is 1.54 bits per heavy atom. The van der Waals surface area contributed by atoms with Gasteiger partial charge in [-0.3, -0.25) is 0 Å². The zero-order valence-electron chi connectivity index (χ0n) is 7.73. The van der Waals surface area contributed by atoms with Gasteiger partial charge in [0.25, 0.3) is 0 Å². The Balaban J connectivity index is 2.14. The van der Waals surface area contributed by atoms with Gasteiger partial charge in [0, 0.05) is 10.1 Å². The molecule has 0 amide bonds. The quantitative estimate of drug-likeness (QED) is 0.780. The summed E-state index contributed by atoms with van der Waals surface area (Å²) in [6.07, 6.45) is 1.72. The lowest BCUT2D eigenvalue weighted by Gasteiger charge is -2.14. The first kappa shape index (κ1) is 9.10. The van der Waals surface area contributed by atoms with Gasteiger partial charge in [-0.15, -0.1) is 11.8 Å². The smallest absolute Gasteiger partial charge is 0.0662 e. The predicted octanol–water partition coefficient (Wildman–Crippen LogP) is 2.47. The van der Waals surface area contributed by atoms with Gasteiger partial charge in [-0.05, 0) is 24.5 Å². The lowest BCUT2D eigenvalue weighted by atomic mass is 10.1. The predicted molar refractivity (Wildman–Crippen MR) is 56.1 cm³/mol. The molecule has 0 saturated heterocycles. The first-order valence-corrected chi connectivity index (χ1v) is 5.62. The summed E-state index contributed by atoms with van der Waals surface area (Å²) >= 11 is 1.82. The average Bonchev–Trinajstić information content (AvgIpc) is 2.59. The van der Waals surface area contributed by atoms with E-state index in [2.05, 4.69) is 24.3 Å². The molecule has 0 spiro atoms. The van der Waals surface area contributed by atoms with Crippen LogP contribution in [0.5, 0.6) is 0 Å². The number of hydrogen-bond acceptors (Lipinski definition) is 2. The normalized spacial score (nSPS) is 22.8. The largest absolute Gasteiger partial charge is 0.392 e. The molecule has 2 unspecified atom stereocenters. The number of fused-ring (bicyclic) bond motifs is 1. The minimum atomic E-state index is -0.155. The van der Waals surface area contributed by atoms with Gasteiger partial charge in [-0.2, -0.15) is 0 Å². The molecule has 2 atom stereocenters. The highest BCUT2D eigenvalue weighted by molar-refractivity contribution is 8.00. The summed E-state index contributed by atoms with van der Waals surface area (Å²) in [6.45, 7) is 2.04. The number of aliphatic hydroxyl groups is 1. The highest BCUT2D eigenvalue weighted by Gasteiger charge is 2.26. The zero-order valence-corrected chi connectivity index (χ0v) is 8.55. The van der Waals surface area contributed by atoms with Crippen molar-refractivity contribution in [2.24, 2.45) is 0 Å². The van der Waals surface area contributed by atoms with Crippen LogP contribution in [0.2, 0.25) is 0 Å². The number of aliphatic hydroxyl groups excluding tert-OH is 1. The molecule has 1 aliphatic heterocycles. The molecule has 70 valence electrons. The molecule has 0 radical (unpaired) electrons. The van der Waals surface area contributed by atoms with E-state index < -0.39 is 0 Å². The van der Waals surface area contributed by atoms with Crippen LogP contribution in [0.25, 0.3) is 0 Å². The lowest BCUT2D eigenvalue weighted by Crippen LogP contribution is -2.21. The molecule has 0 bridgehead atoms. The first-order valence-electron chi connectivity index (χ1n) is 4.74. The first-order chi connectivity index (χ1) is 6.31. The van der Waals surface area contributed by atoms with Crippen LogP contribution in [0.15, 0.2) is 29.2 Å². The van der Waals surface area contributed by atoms with Gasteiger partial charge in [0.05, 0.1) is 6.10 Å². The fourth-order valence-corrected chi connectivity index (χ4v) is 3.08. The maximum absolute atomic E-state index is 9.71. The Morgan fingerprint density at radius 3 is 3.00 bits per heavy atom. The third-order valence-corrected chi connectivity index (χ3v) is 3.96. The molecule has 13 heavy (non-hydrogen) atoms. The molecule has 0 saturated carbocycles. The second-order valence-electron chi connectivity index (χ2n) is 3.44. The third-order valence-electron chi connectivity index (χ3n) is 2.52.